The third-order valence-electron chi connectivity index (χ3n) is 4.60. The molecule has 1 unspecified atom stereocenters. The number of rotatable bonds is 9. The van der Waals surface area contributed by atoms with Gasteiger partial charge in [-0.1, -0.05) is 56.3 Å². The summed E-state index contributed by atoms with van der Waals surface area (Å²) in [6, 6.07) is 11.9. The van der Waals surface area contributed by atoms with Gasteiger partial charge in [0.25, 0.3) is 0 Å². The molecule has 2 aromatic carbocycles. The van der Waals surface area contributed by atoms with E-state index in [1.165, 1.54) is 36.0 Å². The molecule has 0 saturated carbocycles. The van der Waals surface area contributed by atoms with E-state index in [1.807, 2.05) is 6.92 Å². The van der Waals surface area contributed by atoms with Crippen LogP contribution in [0.15, 0.2) is 53.7 Å². The number of amides is 1. The fourth-order valence-electron chi connectivity index (χ4n) is 2.98. The van der Waals surface area contributed by atoms with Gasteiger partial charge in [-0.25, -0.2) is 13.8 Å². The van der Waals surface area contributed by atoms with Crippen molar-refractivity contribution in [2.24, 2.45) is 0 Å². The second-order valence-corrected chi connectivity index (χ2v) is 8.14. The highest BCUT2D eigenvalue weighted by Gasteiger charge is 2.21. The van der Waals surface area contributed by atoms with E-state index in [0.717, 1.165) is 12.8 Å². The summed E-state index contributed by atoms with van der Waals surface area (Å²) in [7, 11) is 0. The first kappa shape index (κ1) is 22.8. The summed E-state index contributed by atoms with van der Waals surface area (Å²) in [6.07, 6.45) is 2.50. The fourth-order valence-corrected chi connectivity index (χ4v) is 3.82. The van der Waals surface area contributed by atoms with Crippen molar-refractivity contribution in [3.8, 4) is 22.5 Å². The van der Waals surface area contributed by atoms with E-state index in [-0.39, 0.29) is 11.2 Å². The average Bonchev–Trinajstić information content (AvgIpc) is 2.77. The zero-order chi connectivity index (χ0) is 22.2. The Morgan fingerprint density at radius 1 is 1.00 bits per heavy atom. The summed E-state index contributed by atoms with van der Waals surface area (Å²) >= 11 is 1.21. The summed E-state index contributed by atoms with van der Waals surface area (Å²) in [4.78, 5) is 17.1. The minimum Gasteiger partial charge on any atom is -0.355 e. The number of nitrogens with zero attached hydrogens (tertiary/aromatic N) is 3. The van der Waals surface area contributed by atoms with Gasteiger partial charge in [0.05, 0.1) is 5.25 Å². The van der Waals surface area contributed by atoms with Crippen molar-refractivity contribution < 1.29 is 13.6 Å². The van der Waals surface area contributed by atoms with Gasteiger partial charge in [0.1, 0.15) is 23.0 Å². The fraction of sp³-hybridized carbons (Fsp3) is 0.304. The first-order valence-electron chi connectivity index (χ1n) is 10.2. The van der Waals surface area contributed by atoms with Crippen LogP contribution >= 0.6 is 11.8 Å². The lowest BCUT2D eigenvalue weighted by molar-refractivity contribution is -0.120. The van der Waals surface area contributed by atoms with Crippen molar-refractivity contribution >= 4 is 17.7 Å². The van der Waals surface area contributed by atoms with Crippen LogP contribution in [0.4, 0.5) is 8.78 Å². The monoisotopic (exact) mass is 442 g/mol. The first-order chi connectivity index (χ1) is 15.0. The Bertz CT molecular complexity index is 1050. The van der Waals surface area contributed by atoms with Gasteiger partial charge in [-0.2, -0.15) is 0 Å². The number of carbonyl (C=O) groups is 1. The van der Waals surface area contributed by atoms with E-state index in [1.54, 1.807) is 24.3 Å². The molecule has 0 aliphatic heterocycles. The first-order valence-corrected chi connectivity index (χ1v) is 11.1. The zero-order valence-corrected chi connectivity index (χ0v) is 18.3. The van der Waals surface area contributed by atoms with E-state index in [2.05, 4.69) is 27.4 Å². The van der Waals surface area contributed by atoms with Crippen LogP contribution in [-0.2, 0) is 4.79 Å². The number of hydrogen-bond acceptors (Lipinski definition) is 5. The molecule has 0 aliphatic rings. The number of unbranched alkanes of at least 4 members (excludes halogenated alkanes) is 1. The molecule has 31 heavy (non-hydrogen) atoms. The van der Waals surface area contributed by atoms with Crippen LogP contribution in [0.3, 0.4) is 0 Å². The minimum absolute atomic E-state index is 0.0777. The van der Waals surface area contributed by atoms with Crippen LogP contribution < -0.4 is 5.32 Å². The van der Waals surface area contributed by atoms with Gasteiger partial charge < -0.3 is 5.32 Å². The Kier molecular flexibility index (Phi) is 8.06. The highest BCUT2D eigenvalue weighted by molar-refractivity contribution is 8.00. The van der Waals surface area contributed by atoms with E-state index in [9.17, 15) is 13.6 Å². The van der Waals surface area contributed by atoms with Crippen LogP contribution in [-0.4, -0.2) is 32.9 Å². The highest BCUT2D eigenvalue weighted by atomic mass is 32.2. The van der Waals surface area contributed by atoms with E-state index < -0.39 is 11.6 Å². The second-order valence-electron chi connectivity index (χ2n) is 6.97. The quantitative estimate of drug-likeness (QED) is 0.361. The van der Waals surface area contributed by atoms with Gasteiger partial charge in [-0.3, -0.25) is 4.79 Å². The predicted octanol–water partition coefficient (Wildman–Crippen LogP) is 5.27. The number of hydrogen-bond donors (Lipinski definition) is 1. The normalized spacial score (nSPS) is 11.9. The lowest BCUT2D eigenvalue weighted by Crippen LogP contribution is -2.33. The third kappa shape index (κ3) is 6.07. The van der Waals surface area contributed by atoms with Crippen molar-refractivity contribution in [1.82, 2.24) is 20.5 Å². The molecule has 0 saturated heterocycles. The van der Waals surface area contributed by atoms with Gasteiger partial charge >= 0.3 is 0 Å². The van der Waals surface area contributed by atoms with Crippen molar-refractivity contribution in [3.63, 3.8) is 0 Å². The molecular weight excluding hydrogens is 418 g/mol. The third-order valence-corrected chi connectivity index (χ3v) is 5.82. The van der Waals surface area contributed by atoms with Crippen LogP contribution in [0.1, 0.15) is 33.1 Å². The summed E-state index contributed by atoms with van der Waals surface area (Å²) in [5, 5.41) is 11.3. The molecule has 0 aliphatic carbocycles. The number of benzene rings is 2. The molecule has 3 rings (SSSR count). The highest BCUT2D eigenvalue weighted by Crippen LogP contribution is 2.32. The Morgan fingerprint density at radius 2 is 1.65 bits per heavy atom. The molecule has 1 heterocycles. The van der Waals surface area contributed by atoms with Crippen LogP contribution in [0.25, 0.3) is 22.5 Å². The number of thioether (sulfide) groups is 1. The molecule has 5 nitrogen and oxygen atoms in total. The Hall–Kier alpha value is -2.87. The lowest BCUT2D eigenvalue weighted by Gasteiger charge is -2.15. The molecule has 1 amide bonds. The van der Waals surface area contributed by atoms with Crippen molar-refractivity contribution in [2.75, 3.05) is 6.54 Å². The van der Waals surface area contributed by atoms with Crippen molar-refractivity contribution in [3.05, 3.63) is 60.2 Å². The Balaban J connectivity index is 1.96. The maximum Gasteiger partial charge on any atom is 0.233 e. The number of nitrogens with one attached hydrogen (secondary N) is 1. The molecule has 0 fully saturated rings. The number of aromatic nitrogens is 3. The van der Waals surface area contributed by atoms with Gasteiger partial charge in [-0.05, 0) is 37.1 Å². The SMILES string of the molecule is CCCCNC(=O)C(CC)Sc1nnc(-c2cccc(F)c2)c(-c2cccc(F)c2)n1. The molecule has 8 heteroatoms. The van der Waals surface area contributed by atoms with Crippen LogP contribution in [0.2, 0.25) is 0 Å². The minimum atomic E-state index is -0.419. The van der Waals surface area contributed by atoms with Crippen LogP contribution in [0.5, 0.6) is 0 Å². The van der Waals surface area contributed by atoms with Crippen LogP contribution in [0, 0.1) is 11.6 Å². The molecule has 0 bridgehead atoms. The lowest BCUT2D eigenvalue weighted by atomic mass is 10.0. The molecule has 1 atom stereocenters. The Labute approximate surface area is 184 Å². The summed E-state index contributed by atoms with van der Waals surface area (Å²) in [5.41, 5.74) is 1.70. The predicted molar refractivity (Wildman–Crippen MR) is 118 cm³/mol. The summed E-state index contributed by atoms with van der Waals surface area (Å²) < 4.78 is 27.7. The van der Waals surface area contributed by atoms with Gasteiger partial charge in [0.15, 0.2) is 0 Å². The van der Waals surface area contributed by atoms with E-state index >= 15 is 0 Å². The molecule has 0 radical (unpaired) electrons. The molecule has 162 valence electrons. The van der Waals surface area contributed by atoms with E-state index in [4.69, 9.17) is 0 Å². The largest absolute Gasteiger partial charge is 0.355 e. The van der Waals surface area contributed by atoms with Crippen molar-refractivity contribution in [2.45, 2.75) is 43.5 Å². The maximum absolute atomic E-state index is 13.9. The molecule has 1 N–H and O–H groups in total. The zero-order valence-electron chi connectivity index (χ0n) is 17.4. The number of carbonyl (C=O) groups excluding carboxylic acids is 1. The molecule has 3 aromatic rings. The average molecular weight is 443 g/mol. The molecule has 1 aromatic heterocycles. The van der Waals surface area contributed by atoms with Crippen molar-refractivity contribution in [1.29, 1.82) is 0 Å². The molecular formula is C23H24F2N4OS. The molecule has 0 spiro atoms. The van der Waals surface area contributed by atoms with Gasteiger partial charge in [0, 0.05) is 17.7 Å². The topological polar surface area (TPSA) is 67.8 Å². The second kappa shape index (κ2) is 10.9. The standard InChI is InChI=1S/C23H24F2N4OS/c1-3-5-12-26-22(30)19(4-2)31-23-27-20(15-8-6-10-17(24)13-15)21(28-29-23)16-9-7-11-18(25)14-16/h6-11,13-14,19H,3-5,12H2,1-2H3,(H,26,30). The number of halogens is 2. The maximum atomic E-state index is 13.9. The smallest absolute Gasteiger partial charge is 0.233 e. The summed E-state index contributed by atoms with van der Waals surface area (Å²) in [5.74, 6) is -0.916. The Morgan fingerprint density at radius 3 is 2.23 bits per heavy atom. The van der Waals surface area contributed by atoms with Gasteiger partial charge in [0.2, 0.25) is 11.1 Å². The van der Waals surface area contributed by atoms with E-state index in [0.29, 0.717) is 40.6 Å². The van der Waals surface area contributed by atoms with Gasteiger partial charge in [-0.15, -0.1) is 10.2 Å². The summed E-state index contributed by atoms with van der Waals surface area (Å²) in [6.45, 7) is 4.60.